The van der Waals surface area contributed by atoms with Gasteiger partial charge in [-0.3, -0.25) is 0 Å². The second-order valence-corrected chi connectivity index (χ2v) is 2.32. The number of fused-ring (bicyclic) bond motifs is 1. The van der Waals surface area contributed by atoms with Crippen LogP contribution in [0, 0.1) is 0 Å². The normalized spacial score (nSPS) is 20.7. The molecular weight excluding hydrogens is 162 g/mol. The quantitative estimate of drug-likeness (QED) is 0.492. The highest BCUT2D eigenvalue weighted by Gasteiger charge is 2.21. The SMILES string of the molecule is NC1=NC(=S)C2=NC=NC2=N1. The Morgan fingerprint density at radius 3 is 3.00 bits per heavy atom. The summed E-state index contributed by atoms with van der Waals surface area (Å²) < 4.78 is 0. The molecule has 2 aliphatic heterocycles. The summed E-state index contributed by atoms with van der Waals surface area (Å²) in [5.74, 6) is 0.602. The van der Waals surface area contributed by atoms with Gasteiger partial charge in [-0.1, -0.05) is 12.2 Å². The van der Waals surface area contributed by atoms with Gasteiger partial charge in [0, 0.05) is 0 Å². The highest BCUT2D eigenvalue weighted by atomic mass is 32.1. The lowest BCUT2D eigenvalue weighted by Crippen LogP contribution is -2.27. The molecule has 2 rings (SSSR count). The topological polar surface area (TPSA) is 75.5 Å². The molecule has 2 aliphatic rings. The Hall–Kier alpha value is -1.43. The van der Waals surface area contributed by atoms with Crippen LogP contribution in [0.5, 0.6) is 0 Å². The van der Waals surface area contributed by atoms with E-state index in [1.54, 1.807) is 0 Å². The van der Waals surface area contributed by atoms with Crippen LogP contribution in [-0.4, -0.2) is 28.8 Å². The second-order valence-electron chi connectivity index (χ2n) is 1.93. The lowest BCUT2D eigenvalue weighted by Gasteiger charge is -2.03. The smallest absolute Gasteiger partial charge is 0.223 e. The first-order valence-corrected chi connectivity index (χ1v) is 3.26. The maximum absolute atomic E-state index is 5.33. The van der Waals surface area contributed by atoms with Crippen LogP contribution in [0.1, 0.15) is 0 Å². The van der Waals surface area contributed by atoms with E-state index in [0.29, 0.717) is 16.5 Å². The molecule has 0 saturated heterocycles. The molecule has 0 atom stereocenters. The van der Waals surface area contributed by atoms with E-state index in [9.17, 15) is 0 Å². The van der Waals surface area contributed by atoms with Crippen molar-refractivity contribution < 1.29 is 0 Å². The van der Waals surface area contributed by atoms with Gasteiger partial charge in [0.2, 0.25) is 5.96 Å². The fourth-order valence-electron chi connectivity index (χ4n) is 0.783. The third-order valence-corrected chi connectivity index (χ3v) is 1.50. The van der Waals surface area contributed by atoms with Crippen molar-refractivity contribution >= 4 is 41.1 Å². The molecule has 0 unspecified atom stereocenters. The summed E-state index contributed by atoms with van der Waals surface area (Å²) in [6.45, 7) is 0. The highest BCUT2D eigenvalue weighted by molar-refractivity contribution is 7.82. The molecule has 0 fully saturated rings. The van der Waals surface area contributed by atoms with Gasteiger partial charge in [0.1, 0.15) is 12.1 Å². The van der Waals surface area contributed by atoms with Gasteiger partial charge in [0.05, 0.1) is 0 Å². The number of amidine groups is 1. The van der Waals surface area contributed by atoms with Crippen molar-refractivity contribution in [2.24, 2.45) is 25.7 Å². The Labute approximate surface area is 67.5 Å². The van der Waals surface area contributed by atoms with Crippen molar-refractivity contribution in [3.63, 3.8) is 0 Å². The zero-order valence-corrected chi connectivity index (χ0v) is 6.17. The molecule has 0 spiro atoms. The minimum absolute atomic E-state index is 0.142. The first-order chi connectivity index (χ1) is 5.27. The van der Waals surface area contributed by atoms with E-state index in [0.717, 1.165) is 0 Å². The molecule has 0 aromatic heterocycles. The first-order valence-electron chi connectivity index (χ1n) is 2.85. The summed E-state index contributed by atoms with van der Waals surface area (Å²) in [5, 5.41) is 0. The number of guanidine groups is 1. The van der Waals surface area contributed by atoms with E-state index >= 15 is 0 Å². The highest BCUT2D eigenvalue weighted by Crippen LogP contribution is 2.03. The van der Waals surface area contributed by atoms with Gasteiger partial charge in [-0.2, -0.15) is 9.98 Å². The van der Waals surface area contributed by atoms with Gasteiger partial charge in [-0.25, -0.2) is 9.98 Å². The van der Waals surface area contributed by atoms with Gasteiger partial charge in [-0.15, -0.1) is 0 Å². The summed E-state index contributed by atoms with van der Waals surface area (Å²) >= 11 is 4.86. The molecule has 0 aromatic rings. The van der Waals surface area contributed by atoms with E-state index in [4.69, 9.17) is 18.0 Å². The molecule has 0 amide bonds. The molecule has 2 heterocycles. The van der Waals surface area contributed by atoms with Crippen molar-refractivity contribution in [3.8, 4) is 0 Å². The molecular formula is C5H3N5S. The molecule has 0 aromatic carbocycles. The third kappa shape index (κ3) is 0.874. The van der Waals surface area contributed by atoms with Gasteiger partial charge in [0.15, 0.2) is 10.8 Å². The van der Waals surface area contributed by atoms with Crippen LogP contribution in [0.25, 0.3) is 0 Å². The number of hydrogen-bond donors (Lipinski definition) is 1. The molecule has 0 radical (unpaired) electrons. The molecule has 0 aliphatic carbocycles. The minimum Gasteiger partial charge on any atom is -0.368 e. The molecule has 6 heteroatoms. The number of nitrogens with zero attached hydrogens (tertiary/aromatic N) is 4. The van der Waals surface area contributed by atoms with Crippen molar-refractivity contribution in [3.05, 3.63) is 0 Å². The average molecular weight is 165 g/mol. The van der Waals surface area contributed by atoms with Gasteiger partial charge < -0.3 is 5.73 Å². The Balaban J connectivity index is 2.54. The Kier molecular flexibility index (Phi) is 1.16. The molecule has 11 heavy (non-hydrogen) atoms. The van der Waals surface area contributed by atoms with E-state index in [1.165, 1.54) is 6.34 Å². The Morgan fingerprint density at radius 2 is 2.18 bits per heavy atom. The van der Waals surface area contributed by atoms with Crippen molar-refractivity contribution in [2.75, 3.05) is 0 Å². The summed E-state index contributed by atoms with van der Waals surface area (Å²) in [6, 6.07) is 0. The molecule has 5 nitrogen and oxygen atoms in total. The third-order valence-electron chi connectivity index (χ3n) is 1.22. The first kappa shape index (κ1) is 6.29. The monoisotopic (exact) mass is 165 g/mol. The average Bonchev–Trinajstić information content (AvgIpc) is 2.34. The predicted molar refractivity (Wildman–Crippen MR) is 47.6 cm³/mol. The van der Waals surface area contributed by atoms with Crippen LogP contribution < -0.4 is 5.73 Å². The summed E-state index contributed by atoms with van der Waals surface area (Å²) in [4.78, 5) is 15.6. The number of nitrogens with two attached hydrogens (primary N) is 1. The van der Waals surface area contributed by atoms with Crippen LogP contribution >= 0.6 is 12.2 Å². The summed E-state index contributed by atoms with van der Waals surface area (Å²) in [7, 11) is 0. The van der Waals surface area contributed by atoms with Crippen molar-refractivity contribution in [2.45, 2.75) is 0 Å². The van der Waals surface area contributed by atoms with E-state index in [2.05, 4.69) is 20.0 Å². The molecule has 0 bridgehead atoms. The Morgan fingerprint density at radius 1 is 1.36 bits per heavy atom. The largest absolute Gasteiger partial charge is 0.368 e. The van der Waals surface area contributed by atoms with Crippen molar-refractivity contribution in [1.29, 1.82) is 0 Å². The molecule has 0 saturated carbocycles. The number of hydrogen-bond acceptors (Lipinski definition) is 5. The van der Waals surface area contributed by atoms with Crippen LogP contribution in [0.4, 0.5) is 0 Å². The maximum Gasteiger partial charge on any atom is 0.223 e. The predicted octanol–water partition coefficient (Wildman–Crippen LogP) is -0.477. The van der Waals surface area contributed by atoms with Gasteiger partial charge >= 0.3 is 0 Å². The van der Waals surface area contributed by atoms with E-state index in [-0.39, 0.29) is 5.96 Å². The molecule has 54 valence electrons. The maximum atomic E-state index is 5.33. The fraction of sp³-hybridized carbons (Fsp3) is 0. The van der Waals surface area contributed by atoms with E-state index in [1.807, 2.05) is 0 Å². The lowest BCUT2D eigenvalue weighted by molar-refractivity contribution is 1.47. The number of thiocarbonyl (C=S) groups is 1. The van der Waals surface area contributed by atoms with E-state index < -0.39 is 0 Å². The van der Waals surface area contributed by atoms with Crippen molar-refractivity contribution in [1.82, 2.24) is 0 Å². The fourth-order valence-corrected chi connectivity index (χ4v) is 1.02. The van der Waals surface area contributed by atoms with Gasteiger partial charge in [0.25, 0.3) is 0 Å². The van der Waals surface area contributed by atoms with Crippen LogP contribution in [0.15, 0.2) is 20.0 Å². The number of rotatable bonds is 0. The van der Waals surface area contributed by atoms with Gasteiger partial charge in [-0.05, 0) is 0 Å². The molecule has 2 N–H and O–H groups in total. The van der Waals surface area contributed by atoms with Crippen LogP contribution in [0.3, 0.4) is 0 Å². The zero-order chi connectivity index (χ0) is 7.84. The number of aliphatic imine (C=N–C) groups is 4. The lowest BCUT2D eigenvalue weighted by atomic mass is 10.3. The standard InChI is InChI=1S/C5H3N5S/c6-5-9-3-2(4(11)10-5)7-1-8-3/h1H,(H2,6,10,11). The van der Waals surface area contributed by atoms with Crippen LogP contribution in [-0.2, 0) is 0 Å². The summed E-state index contributed by atoms with van der Waals surface area (Å²) in [6.07, 6.45) is 1.38. The minimum atomic E-state index is 0.142. The zero-order valence-electron chi connectivity index (χ0n) is 5.35. The van der Waals surface area contributed by atoms with Crippen LogP contribution in [0.2, 0.25) is 0 Å². The Bertz CT molecular complexity index is 348. The second kappa shape index (κ2) is 2.03. The summed E-state index contributed by atoms with van der Waals surface area (Å²) in [5.41, 5.74) is 5.86.